The van der Waals surface area contributed by atoms with E-state index in [0.29, 0.717) is 6.42 Å². The molecule has 0 radical (unpaired) electrons. The Balaban J connectivity index is 2.92. The number of benzene rings is 1. The first-order valence-corrected chi connectivity index (χ1v) is 4.82. The van der Waals surface area contributed by atoms with Gasteiger partial charge in [0.1, 0.15) is 5.78 Å². The lowest BCUT2D eigenvalue weighted by molar-refractivity contribution is -0.138. The largest absolute Gasteiger partial charge is 0.481 e. The molecular formula is C12H14O3. The van der Waals surface area contributed by atoms with Crippen LogP contribution in [0.15, 0.2) is 24.3 Å². The van der Waals surface area contributed by atoms with E-state index in [0.717, 1.165) is 11.1 Å². The summed E-state index contributed by atoms with van der Waals surface area (Å²) in [6.45, 7) is 3.16. The molecule has 0 saturated heterocycles. The zero-order valence-corrected chi connectivity index (χ0v) is 8.86. The van der Waals surface area contributed by atoms with Crippen molar-refractivity contribution in [2.24, 2.45) is 0 Å². The molecule has 3 nitrogen and oxygen atoms in total. The fourth-order valence-electron chi connectivity index (χ4n) is 1.40. The summed E-state index contributed by atoms with van der Waals surface area (Å²) in [5, 5.41) is 8.84. The number of carboxylic acid groups (broad SMARTS) is 1. The average molecular weight is 206 g/mol. The van der Waals surface area contributed by atoms with Gasteiger partial charge in [-0.05, 0) is 25.0 Å². The van der Waals surface area contributed by atoms with E-state index in [1.165, 1.54) is 6.92 Å². The smallest absolute Gasteiger partial charge is 0.310 e. The third-order valence-electron chi connectivity index (χ3n) is 2.27. The van der Waals surface area contributed by atoms with Gasteiger partial charge in [-0.2, -0.15) is 0 Å². The van der Waals surface area contributed by atoms with Crippen LogP contribution in [0.4, 0.5) is 0 Å². The SMILES string of the molecule is CC(=O)Cc1cccc(C(C)C(=O)O)c1. The molecule has 1 unspecified atom stereocenters. The molecular weight excluding hydrogens is 192 g/mol. The number of hydrogen-bond acceptors (Lipinski definition) is 2. The minimum absolute atomic E-state index is 0.0788. The second-order valence-electron chi connectivity index (χ2n) is 3.68. The van der Waals surface area contributed by atoms with Crippen molar-refractivity contribution in [2.75, 3.05) is 0 Å². The standard InChI is InChI=1S/C12H14O3/c1-8(13)6-10-4-3-5-11(7-10)9(2)12(14)15/h3-5,7,9H,6H2,1-2H3,(H,14,15). The molecule has 80 valence electrons. The molecule has 0 saturated carbocycles. The Morgan fingerprint density at radius 2 is 2.07 bits per heavy atom. The van der Waals surface area contributed by atoms with Crippen LogP contribution >= 0.6 is 0 Å². The van der Waals surface area contributed by atoms with Crippen molar-refractivity contribution in [1.82, 2.24) is 0 Å². The maximum atomic E-state index is 10.9. The van der Waals surface area contributed by atoms with Gasteiger partial charge in [0.05, 0.1) is 5.92 Å². The molecule has 0 heterocycles. The highest BCUT2D eigenvalue weighted by Crippen LogP contribution is 2.17. The molecule has 1 aromatic rings. The van der Waals surface area contributed by atoms with E-state index >= 15 is 0 Å². The van der Waals surface area contributed by atoms with Gasteiger partial charge in [0.15, 0.2) is 0 Å². The lowest BCUT2D eigenvalue weighted by atomic mass is 9.98. The van der Waals surface area contributed by atoms with E-state index in [9.17, 15) is 9.59 Å². The van der Waals surface area contributed by atoms with Crippen LogP contribution in [0.25, 0.3) is 0 Å². The number of Topliss-reactive ketones (excluding diaryl/α,β-unsaturated/α-hetero) is 1. The number of carbonyl (C=O) groups excluding carboxylic acids is 1. The molecule has 0 aliphatic heterocycles. The number of carboxylic acids is 1. The number of ketones is 1. The Kier molecular flexibility index (Phi) is 3.61. The summed E-state index contributed by atoms with van der Waals surface area (Å²) in [6.07, 6.45) is 0.361. The van der Waals surface area contributed by atoms with Gasteiger partial charge >= 0.3 is 5.97 Å². The first kappa shape index (κ1) is 11.4. The van der Waals surface area contributed by atoms with E-state index in [1.54, 1.807) is 25.1 Å². The van der Waals surface area contributed by atoms with Gasteiger partial charge < -0.3 is 5.11 Å². The van der Waals surface area contributed by atoms with Crippen molar-refractivity contribution in [3.05, 3.63) is 35.4 Å². The zero-order valence-electron chi connectivity index (χ0n) is 8.86. The molecule has 1 rings (SSSR count). The van der Waals surface area contributed by atoms with Crippen molar-refractivity contribution >= 4 is 11.8 Å². The highest BCUT2D eigenvalue weighted by atomic mass is 16.4. The Morgan fingerprint density at radius 3 is 2.60 bits per heavy atom. The third kappa shape index (κ3) is 3.20. The third-order valence-corrected chi connectivity index (χ3v) is 2.27. The van der Waals surface area contributed by atoms with Crippen molar-refractivity contribution in [2.45, 2.75) is 26.2 Å². The molecule has 1 aromatic carbocycles. The summed E-state index contributed by atoms with van der Waals surface area (Å²) in [6, 6.07) is 7.16. The number of rotatable bonds is 4. The predicted octanol–water partition coefficient (Wildman–Crippen LogP) is 2.01. The van der Waals surface area contributed by atoms with E-state index in [-0.39, 0.29) is 5.78 Å². The fraction of sp³-hybridized carbons (Fsp3) is 0.333. The summed E-state index contributed by atoms with van der Waals surface area (Å²) in [5.41, 5.74) is 1.61. The zero-order chi connectivity index (χ0) is 11.4. The quantitative estimate of drug-likeness (QED) is 0.819. The molecule has 0 aliphatic carbocycles. The van der Waals surface area contributed by atoms with Crippen molar-refractivity contribution in [3.8, 4) is 0 Å². The van der Waals surface area contributed by atoms with E-state index in [1.807, 2.05) is 6.07 Å². The van der Waals surface area contributed by atoms with Crippen LogP contribution in [0.2, 0.25) is 0 Å². The summed E-state index contributed by atoms with van der Waals surface area (Å²) < 4.78 is 0. The molecule has 1 atom stereocenters. The monoisotopic (exact) mass is 206 g/mol. The lowest BCUT2D eigenvalue weighted by Gasteiger charge is -2.07. The van der Waals surface area contributed by atoms with Crippen molar-refractivity contribution < 1.29 is 14.7 Å². The second kappa shape index (κ2) is 4.73. The molecule has 0 aliphatic rings. The molecule has 15 heavy (non-hydrogen) atoms. The van der Waals surface area contributed by atoms with Gasteiger partial charge in [-0.1, -0.05) is 24.3 Å². The molecule has 3 heteroatoms. The van der Waals surface area contributed by atoms with Gasteiger partial charge in [0, 0.05) is 6.42 Å². The Hall–Kier alpha value is -1.64. The van der Waals surface area contributed by atoms with Crippen LogP contribution in [0.1, 0.15) is 30.9 Å². The Labute approximate surface area is 88.7 Å². The number of carbonyl (C=O) groups is 2. The fourth-order valence-corrected chi connectivity index (χ4v) is 1.40. The normalized spacial score (nSPS) is 12.1. The number of aliphatic carboxylic acids is 1. The van der Waals surface area contributed by atoms with E-state index < -0.39 is 11.9 Å². The van der Waals surface area contributed by atoms with Gasteiger partial charge in [0.25, 0.3) is 0 Å². The van der Waals surface area contributed by atoms with Crippen LogP contribution in [-0.2, 0) is 16.0 Å². The molecule has 0 aromatic heterocycles. The summed E-state index contributed by atoms with van der Waals surface area (Å²) in [5.74, 6) is -1.30. The van der Waals surface area contributed by atoms with E-state index in [2.05, 4.69) is 0 Å². The molecule has 0 amide bonds. The Morgan fingerprint density at radius 1 is 1.40 bits per heavy atom. The predicted molar refractivity (Wildman–Crippen MR) is 56.9 cm³/mol. The minimum Gasteiger partial charge on any atom is -0.481 e. The summed E-state index contributed by atoms with van der Waals surface area (Å²) in [4.78, 5) is 21.7. The van der Waals surface area contributed by atoms with Crippen LogP contribution < -0.4 is 0 Å². The lowest BCUT2D eigenvalue weighted by Crippen LogP contribution is -2.08. The Bertz CT molecular complexity index is 382. The van der Waals surface area contributed by atoms with Crippen LogP contribution in [0.3, 0.4) is 0 Å². The van der Waals surface area contributed by atoms with E-state index in [4.69, 9.17) is 5.11 Å². The maximum absolute atomic E-state index is 10.9. The van der Waals surface area contributed by atoms with Gasteiger partial charge in [-0.25, -0.2) is 0 Å². The van der Waals surface area contributed by atoms with Crippen LogP contribution in [0, 0.1) is 0 Å². The van der Waals surface area contributed by atoms with Gasteiger partial charge in [-0.15, -0.1) is 0 Å². The first-order chi connectivity index (χ1) is 7.00. The molecule has 1 N–H and O–H groups in total. The first-order valence-electron chi connectivity index (χ1n) is 4.82. The van der Waals surface area contributed by atoms with Crippen molar-refractivity contribution in [1.29, 1.82) is 0 Å². The van der Waals surface area contributed by atoms with Gasteiger partial charge in [-0.3, -0.25) is 9.59 Å². The summed E-state index contributed by atoms with van der Waals surface area (Å²) >= 11 is 0. The van der Waals surface area contributed by atoms with Crippen LogP contribution in [0.5, 0.6) is 0 Å². The molecule has 0 fully saturated rings. The van der Waals surface area contributed by atoms with Crippen LogP contribution in [-0.4, -0.2) is 16.9 Å². The summed E-state index contributed by atoms with van der Waals surface area (Å²) in [7, 11) is 0. The second-order valence-corrected chi connectivity index (χ2v) is 3.68. The highest BCUT2D eigenvalue weighted by Gasteiger charge is 2.13. The van der Waals surface area contributed by atoms with Gasteiger partial charge in [0.2, 0.25) is 0 Å². The number of hydrogen-bond donors (Lipinski definition) is 1. The average Bonchev–Trinajstić information content (AvgIpc) is 2.16. The molecule has 0 spiro atoms. The maximum Gasteiger partial charge on any atom is 0.310 e. The minimum atomic E-state index is -0.852. The van der Waals surface area contributed by atoms with Crippen molar-refractivity contribution in [3.63, 3.8) is 0 Å². The topological polar surface area (TPSA) is 54.4 Å². The highest BCUT2D eigenvalue weighted by molar-refractivity contribution is 5.79. The molecule has 0 bridgehead atoms.